The summed E-state index contributed by atoms with van der Waals surface area (Å²) in [5, 5.41) is 3.82. The largest absolute Gasteiger partial charge is 0.370 e. The van der Waals surface area contributed by atoms with Crippen LogP contribution in [0.25, 0.3) is 6.08 Å². The summed E-state index contributed by atoms with van der Waals surface area (Å²) in [4.78, 5) is 18.3. The molecule has 1 aromatic carbocycles. The van der Waals surface area contributed by atoms with Gasteiger partial charge in [-0.3, -0.25) is 9.78 Å². The average molecular weight is 368 g/mol. The second-order valence-electron chi connectivity index (χ2n) is 7.05. The van der Waals surface area contributed by atoms with E-state index in [0.717, 1.165) is 60.1 Å². The molecule has 2 fully saturated rings. The summed E-state index contributed by atoms with van der Waals surface area (Å²) in [6.07, 6.45) is 7.87. The summed E-state index contributed by atoms with van der Waals surface area (Å²) in [5.41, 5.74) is 2.08. The Bertz CT molecular complexity index is 796. The first-order chi connectivity index (χ1) is 12.7. The maximum atomic E-state index is 11.9. The molecule has 4 rings (SSSR count). The van der Waals surface area contributed by atoms with Crippen molar-refractivity contribution in [1.82, 2.24) is 10.3 Å². The molecule has 2 heterocycles. The zero-order valence-corrected chi connectivity index (χ0v) is 15.3. The number of carbonyl (C=O) groups excluding carboxylic acids is 1. The number of nitrogens with one attached hydrogen (secondary N) is 1. The molecule has 0 radical (unpaired) electrons. The van der Waals surface area contributed by atoms with Gasteiger partial charge in [0.2, 0.25) is 5.91 Å². The number of anilines is 1. The Labute approximate surface area is 158 Å². The number of aromatic nitrogens is 1. The van der Waals surface area contributed by atoms with Crippen LogP contribution in [-0.2, 0) is 4.79 Å². The molecule has 2 aliphatic rings. The van der Waals surface area contributed by atoms with Crippen LogP contribution in [-0.4, -0.2) is 30.5 Å². The first kappa shape index (κ1) is 17.1. The minimum Gasteiger partial charge on any atom is -0.370 e. The van der Waals surface area contributed by atoms with E-state index in [0.29, 0.717) is 0 Å². The fourth-order valence-corrected chi connectivity index (χ4v) is 4.31. The van der Waals surface area contributed by atoms with Gasteiger partial charge in [-0.1, -0.05) is 29.8 Å². The maximum absolute atomic E-state index is 11.9. The summed E-state index contributed by atoms with van der Waals surface area (Å²) >= 11 is 6.30. The second kappa shape index (κ2) is 7.50. The zero-order chi connectivity index (χ0) is 17.9. The maximum Gasteiger partial charge on any atom is 0.244 e. The molecule has 0 spiro atoms. The first-order valence-corrected chi connectivity index (χ1v) is 9.45. The van der Waals surface area contributed by atoms with Crippen molar-refractivity contribution in [2.24, 2.45) is 17.8 Å². The minimum absolute atomic E-state index is 0.0441. The van der Waals surface area contributed by atoms with Crippen molar-refractivity contribution in [2.75, 3.05) is 24.5 Å². The molecule has 2 aromatic rings. The number of fused-ring (bicyclic) bond motifs is 1. The summed E-state index contributed by atoms with van der Waals surface area (Å²) in [6.45, 7) is 2.89. The molecule has 1 amide bonds. The Kier molecular flexibility index (Phi) is 4.93. The van der Waals surface area contributed by atoms with Crippen LogP contribution in [0.3, 0.4) is 0 Å². The lowest BCUT2D eigenvalue weighted by Gasteiger charge is -2.23. The van der Waals surface area contributed by atoms with Crippen LogP contribution in [0.15, 0.2) is 54.9 Å². The number of pyridine rings is 1. The molecule has 134 valence electrons. The lowest BCUT2D eigenvalue weighted by Crippen LogP contribution is -2.26. The van der Waals surface area contributed by atoms with Gasteiger partial charge in [-0.05, 0) is 54.0 Å². The standard InChI is InChI=1S/C21H22ClN3O/c22-19-5-1-2-6-20(19)25-13-17-16(18(17)14-25)9-11-24-21(26)8-7-15-4-3-10-23-12-15/h1-8,10,12,16-18H,9,11,13-14H2,(H,24,26)/b8-7+. The number of amides is 1. The van der Waals surface area contributed by atoms with E-state index in [1.54, 1.807) is 24.5 Å². The van der Waals surface area contributed by atoms with Crippen LogP contribution in [0.4, 0.5) is 5.69 Å². The van der Waals surface area contributed by atoms with Gasteiger partial charge >= 0.3 is 0 Å². The van der Waals surface area contributed by atoms with Crippen molar-refractivity contribution < 1.29 is 4.79 Å². The van der Waals surface area contributed by atoms with Crippen molar-refractivity contribution >= 4 is 29.3 Å². The normalized spacial score (nSPS) is 23.9. The Hall–Kier alpha value is -2.33. The van der Waals surface area contributed by atoms with E-state index < -0.39 is 0 Å². The number of halogens is 1. The van der Waals surface area contributed by atoms with Gasteiger partial charge in [-0.25, -0.2) is 0 Å². The van der Waals surface area contributed by atoms with E-state index in [-0.39, 0.29) is 5.91 Å². The number of nitrogens with zero attached hydrogens (tertiary/aromatic N) is 2. The third kappa shape index (κ3) is 3.75. The van der Waals surface area contributed by atoms with Gasteiger partial charge in [0, 0.05) is 38.1 Å². The van der Waals surface area contributed by atoms with E-state index in [4.69, 9.17) is 11.6 Å². The summed E-state index contributed by atoms with van der Waals surface area (Å²) in [5.74, 6) is 2.18. The van der Waals surface area contributed by atoms with Crippen LogP contribution in [0.1, 0.15) is 12.0 Å². The fraction of sp³-hybridized carbons (Fsp3) is 0.333. The zero-order valence-electron chi connectivity index (χ0n) is 14.5. The topological polar surface area (TPSA) is 45.2 Å². The van der Waals surface area contributed by atoms with Crippen LogP contribution in [0.2, 0.25) is 5.02 Å². The highest BCUT2D eigenvalue weighted by molar-refractivity contribution is 6.33. The highest BCUT2D eigenvalue weighted by atomic mass is 35.5. The predicted molar refractivity (Wildman–Crippen MR) is 105 cm³/mol. The highest BCUT2D eigenvalue weighted by Crippen LogP contribution is 2.54. The third-order valence-corrected chi connectivity index (χ3v) is 5.77. The summed E-state index contributed by atoms with van der Waals surface area (Å²) in [6, 6.07) is 11.8. The number of benzene rings is 1. The Balaban J connectivity index is 1.19. The van der Waals surface area contributed by atoms with Gasteiger partial charge in [0.1, 0.15) is 0 Å². The Morgan fingerprint density at radius 3 is 2.77 bits per heavy atom. The number of hydrogen-bond donors (Lipinski definition) is 1. The minimum atomic E-state index is -0.0441. The number of rotatable bonds is 6. The predicted octanol–water partition coefficient (Wildman–Crippen LogP) is 3.64. The van der Waals surface area contributed by atoms with E-state index in [1.165, 1.54) is 0 Å². The molecule has 1 saturated heterocycles. The highest BCUT2D eigenvalue weighted by Gasteiger charge is 2.55. The van der Waals surface area contributed by atoms with Crippen molar-refractivity contribution in [1.29, 1.82) is 0 Å². The third-order valence-electron chi connectivity index (χ3n) is 5.45. The number of hydrogen-bond acceptors (Lipinski definition) is 3. The van der Waals surface area contributed by atoms with Crippen molar-refractivity contribution in [3.8, 4) is 0 Å². The Morgan fingerprint density at radius 1 is 1.23 bits per heavy atom. The van der Waals surface area contributed by atoms with Crippen molar-refractivity contribution in [3.63, 3.8) is 0 Å². The molecule has 1 aromatic heterocycles. The van der Waals surface area contributed by atoms with E-state index in [9.17, 15) is 4.79 Å². The van der Waals surface area contributed by atoms with E-state index in [1.807, 2.05) is 30.3 Å². The van der Waals surface area contributed by atoms with Crippen LogP contribution >= 0.6 is 11.6 Å². The molecule has 5 heteroatoms. The Morgan fingerprint density at radius 2 is 2.04 bits per heavy atom. The first-order valence-electron chi connectivity index (χ1n) is 9.08. The molecule has 4 nitrogen and oxygen atoms in total. The van der Waals surface area contributed by atoms with Crippen molar-refractivity contribution in [2.45, 2.75) is 6.42 Å². The smallest absolute Gasteiger partial charge is 0.244 e. The van der Waals surface area contributed by atoms with Crippen molar-refractivity contribution in [3.05, 3.63) is 65.5 Å². The number of piperidine rings is 1. The van der Waals surface area contributed by atoms with E-state index in [2.05, 4.69) is 21.3 Å². The molecular formula is C21H22ClN3O. The van der Waals surface area contributed by atoms with Gasteiger partial charge in [0.25, 0.3) is 0 Å². The quantitative estimate of drug-likeness (QED) is 0.793. The van der Waals surface area contributed by atoms with Gasteiger partial charge in [-0.2, -0.15) is 0 Å². The summed E-state index contributed by atoms with van der Waals surface area (Å²) in [7, 11) is 0. The van der Waals surface area contributed by atoms with E-state index >= 15 is 0 Å². The lowest BCUT2D eigenvalue weighted by molar-refractivity contribution is -0.116. The number of carbonyl (C=O) groups is 1. The van der Waals surface area contributed by atoms with Gasteiger partial charge in [-0.15, -0.1) is 0 Å². The molecule has 2 atom stereocenters. The molecule has 26 heavy (non-hydrogen) atoms. The molecule has 1 saturated carbocycles. The molecule has 0 bridgehead atoms. The monoisotopic (exact) mass is 367 g/mol. The van der Waals surface area contributed by atoms with Gasteiger partial charge in [0.05, 0.1) is 10.7 Å². The molecule has 1 aliphatic heterocycles. The molecule has 2 unspecified atom stereocenters. The average Bonchev–Trinajstić information content (AvgIpc) is 3.11. The molecule has 1 aliphatic carbocycles. The SMILES string of the molecule is O=C(/C=C/c1cccnc1)NCCC1C2CN(c3ccccc3Cl)CC12. The van der Waals surface area contributed by atoms with Gasteiger partial charge in [0.15, 0.2) is 0 Å². The number of para-hydroxylation sites is 1. The van der Waals surface area contributed by atoms with Crippen LogP contribution in [0, 0.1) is 17.8 Å². The second-order valence-corrected chi connectivity index (χ2v) is 7.45. The van der Waals surface area contributed by atoms with Crippen LogP contribution < -0.4 is 10.2 Å². The van der Waals surface area contributed by atoms with Gasteiger partial charge < -0.3 is 10.2 Å². The fourth-order valence-electron chi connectivity index (χ4n) is 4.05. The molecular weight excluding hydrogens is 346 g/mol. The lowest BCUT2D eigenvalue weighted by atomic mass is 10.2. The summed E-state index contributed by atoms with van der Waals surface area (Å²) < 4.78 is 0. The van der Waals surface area contributed by atoms with Crippen LogP contribution in [0.5, 0.6) is 0 Å². The molecule has 1 N–H and O–H groups in total.